The molecule has 0 bridgehead atoms. The van der Waals surface area contributed by atoms with Gasteiger partial charge in [0.15, 0.2) is 24.2 Å². The molecule has 2 saturated heterocycles. The first-order valence-electron chi connectivity index (χ1n) is 36.6. The van der Waals surface area contributed by atoms with E-state index in [0.29, 0.717) is 31.9 Å². The van der Waals surface area contributed by atoms with Gasteiger partial charge in [0, 0.05) is 32.7 Å². The highest BCUT2D eigenvalue weighted by atomic mass is 16.6. The monoisotopic (exact) mass is 1520 g/mol. The lowest BCUT2D eigenvalue weighted by atomic mass is 9.95. The molecule has 108 heavy (non-hydrogen) atoms. The van der Waals surface area contributed by atoms with Crippen LogP contribution in [0.3, 0.4) is 0 Å². The van der Waals surface area contributed by atoms with Crippen LogP contribution in [0.4, 0.5) is 4.79 Å². The maximum Gasteiger partial charge on any atom is 0.408 e. The average molecular weight is 1520 g/mol. The quantitative estimate of drug-likeness (QED) is 0.0164. The molecule has 36 nitrogen and oxygen atoms in total. The van der Waals surface area contributed by atoms with Gasteiger partial charge in [-0.1, -0.05) is 136 Å². The number of alkyl carbamates (subject to hydrolysis) is 1. The van der Waals surface area contributed by atoms with E-state index in [1.54, 1.807) is 85.7 Å². The van der Waals surface area contributed by atoms with Gasteiger partial charge in [-0.15, -0.1) is 0 Å². The van der Waals surface area contributed by atoms with Crippen molar-refractivity contribution in [2.75, 3.05) is 59.1 Å². The molecule has 2 fully saturated rings. The molecule has 602 valence electrons. The van der Waals surface area contributed by atoms with E-state index in [0.717, 1.165) is 6.92 Å². The molecule has 0 spiro atoms. The number of aliphatic hydroxyl groups is 4. The van der Waals surface area contributed by atoms with E-state index in [2.05, 4.69) is 69.1 Å². The lowest BCUT2D eigenvalue weighted by molar-refractivity contribution is -0.159. The summed E-state index contributed by atoms with van der Waals surface area (Å²) in [4.78, 5) is 191. The second-order valence-electron chi connectivity index (χ2n) is 28.6. The summed E-state index contributed by atoms with van der Waals surface area (Å²) in [5, 5.41) is 85.6. The van der Waals surface area contributed by atoms with Gasteiger partial charge in [0.2, 0.25) is 59.1 Å². The molecule has 15 atom stereocenters. The van der Waals surface area contributed by atoms with Crippen LogP contribution >= 0.6 is 0 Å². The molecular weight excluding hydrogens is 1410 g/mol. The van der Waals surface area contributed by atoms with Crippen molar-refractivity contribution in [1.29, 1.82) is 5.41 Å². The first kappa shape index (κ1) is 90.8. The Balaban J connectivity index is 1.99. The Labute approximate surface area is 629 Å². The molecule has 36 heteroatoms. The van der Waals surface area contributed by atoms with Gasteiger partial charge in [-0.25, -0.2) is 9.59 Å². The second kappa shape index (κ2) is 45.9. The second-order valence-corrected chi connectivity index (χ2v) is 28.6. The number of esters is 1. The number of nitrogens with one attached hydrogen (secondary N) is 14. The third-order valence-corrected chi connectivity index (χ3v) is 17.8. The molecule has 0 radical (unpaired) electrons. The number of morpholine rings is 1. The standard InChI is InChI=1S/C72H114N16O20/c1-12-42(10)52-65(99)85-53(43(11)90)64(98)77-35-51(91)83-55(58(93)69(103)75-26-27-88-28-30-106-31-29-88)67(101)81-50(36-89)70(104)108-59(45-22-17-14-18-23-45)56(87-63(97)48(33-39(4)5)79-62(96)49(34-40(6)7)82-72(105)107-37-44-20-15-13-16-21-44)68(102)86-54(57(92)41(8)9)66(100)80-47(32-38(2)3)61(95)78-46(60(94)84-52)24-19-25-76-71(73)74/h13-18,20-23,38-43,46-50,52-59,89-90,92-93H,12,19,24-37H2,1-11H3,(H,75,103)(H,77,98)(H,78,95)(H,79,96)(H,80,100)(H,81,101)(H,82,105)(H,83,91)(H,84,94)(H,85,99)(H,86,102)(H,87,97)(H4,73,74,76)/t42-,43-,46+,47-,48-,49+,50-,52-,53-,54-,55-,56-,57+,58-,59+/m0/s1. The minimum atomic E-state index is -2.51. The van der Waals surface area contributed by atoms with Crippen LogP contribution in [0.2, 0.25) is 0 Å². The number of nitrogens with zero attached hydrogens (tertiary/aromatic N) is 1. The smallest absolute Gasteiger partial charge is 0.408 e. The van der Waals surface area contributed by atoms with E-state index < -0.39 is 205 Å². The number of cyclic esters (lactones) is 1. The number of carbonyl (C=O) groups is 13. The van der Waals surface area contributed by atoms with Gasteiger partial charge in [0.05, 0.1) is 38.6 Å². The Morgan fingerprint density at radius 3 is 1.75 bits per heavy atom. The highest BCUT2D eigenvalue weighted by Crippen LogP contribution is 2.25. The minimum absolute atomic E-state index is 0.00143. The molecule has 4 rings (SSSR count). The number of ether oxygens (including phenoxy) is 3. The van der Waals surface area contributed by atoms with E-state index in [-0.39, 0.29) is 76.2 Å². The summed E-state index contributed by atoms with van der Waals surface area (Å²) in [7, 11) is 0. The van der Waals surface area contributed by atoms with Crippen LogP contribution in [0, 0.1) is 35.0 Å². The predicted molar refractivity (Wildman–Crippen MR) is 392 cm³/mol. The van der Waals surface area contributed by atoms with Crippen molar-refractivity contribution in [3.63, 3.8) is 0 Å². The highest BCUT2D eigenvalue weighted by Gasteiger charge is 2.44. The Bertz CT molecular complexity index is 3310. The van der Waals surface area contributed by atoms with E-state index in [1.807, 2.05) is 4.90 Å². The number of hydrogen-bond acceptors (Lipinski definition) is 22. The number of carbonyl (C=O) groups excluding carboxylic acids is 13. The van der Waals surface area contributed by atoms with Gasteiger partial charge >= 0.3 is 12.1 Å². The Hall–Kier alpha value is -9.62. The summed E-state index contributed by atoms with van der Waals surface area (Å²) in [5.74, 6) is -17.6. The van der Waals surface area contributed by atoms with Crippen LogP contribution in [0.15, 0.2) is 60.7 Å². The number of nitrogens with two attached hydrogens (primary N) is 1. The fourth-order valence-corrected chi connectivity index (χ4v) is 11.5. The number of benzene rings is 2. The van der Waals surface area contributed by atoms with Crippen molar-refractivity contribution in [3.05, 3.63) is 71.8 Å². The van der Waals surface area contributed by atoms with Crippen molar-refractivity contribution in [2.45, 2.75) is 206 Å². The maximum atomic E-state index is 15.7. The van der Waals surface area contributed by atoms with Gasteiger partial charge in [-0.3, -0.25) is 63.0 Å². The number of amides is 12. The van der Waals surface area contributed by atoms with Crippen molar-refractivity contribution < 1.29 is 97.0 Å². The van der Waals surface area contributed by atoms with Crippen LogP contribution in [0.5, 0.6) is 0 Å². The third-order valence-electron chi connectivity index (χ3n) is 17.8. The average Bonchev–Trinajstić information content (AvgIpc) is 0.807. The first-order valence-corrected chi connectivity index (χ1v) is 36.6. The van der Waals surface area contributed by atoms with Gasteiger partial charge < -0.3 is 109 Å². The van der Waals surface area contributed by atoms with E-state index in [1.165, 1.54) is 44.2 Å². The zero-order valence-electron chi connectivity index (χ0n) is 63.4. The number of guanidine groups is 1. The summed E-state index contributed by atoms with van der Waals surface area (Å²) in [6.07, 6.45) is -9.43. The summed E-state index contributed by atoms with van der Waals surface area (Å²) < 4.78 is 16.9. The van der Waals surface area contributed by atoms with Crippen molar-refractivity contribution in [3.8, 4) is 0 Å². The minimum Gasteiger partial charge on any atom is -0.453 e. The number of hydrogen-bond donors (Lipinski definition) is 19. The molecule has 2 aliphatic rings. The molecule has 12 amide bonds. The number of aliphatic hydroxyl groups excluding tert-OH is 4. The molecule has 20 N–H and O–H groups in total. The van der Waals surface area contributed by atoms with E-state index >= 15 is 14.4 Å². The topological polar surface area (TPSA) is 540 Å². The highest BCUT2D eigenvalue weighted by molar-refractivity contribution is 6.00. The zero-order chi connectivity index (χ0) is 80.5. The maximum absolute atomic E-state index is 15.7. The van der Waals surface area contributed by atoms with E-state index in [9.17, 15) is 68.4 Å². The summed E-state index contributed by atoms with van der Waals surface area (Å²) in [6, 6.07) is -2.72. The summed E-state index contributed by atoms with van der Waals surface area (Å²) in [5.41, 5.74) is 6.08. The molecule has 2 aromatic carbocycles. The van der Waals surface area contributed by atoms with Gasteiger partial charge in [0.25, 0.3) is 5.91 Å². The lowest BCUT2D eigenvalue weighted by Gasteiger charge is -2.34. The first-order chi connectivity index (χ1) is 51.0. The molecule has 2 aromatic rings. The Kier molecular flexibility index (Phi) is 38.6. The molecule has 0 aromatic heterocycles. The van der Waals surface area contributed by atoms with Crippen molar-refractivity contribution in [1.82, 2.24) is 74.0 Å². The Morgan fingerprint density at radius 1 is 0.620 bits per heavy atom. The molecule has 0 unspecified atom stereocenters. The molecule has 0 saturated carbocycles. The summed E-state index contributed by atoms with van der Waals surface area (Å²) in [6.45, 7) is 17.0. The van der Waals surface area contributed by atoms with Crippen LogP contribution < -0.4 is 74.9 Å². The van der Waals surface area contributed by atoms with Gasteiger partial charge in [-0.05, 0) is 79.7 Å². The largest absolute Gasteiger partial charge is 0.453 e. The lowest BCUT2D eigenvalue weighted by Crippen LogP contribution is -2.64. The summed E-state index contributed by atoms with van der Waals surface area (Å²) >= 11 is 0. The SMILES string of the molecule is CC[C@H](C)[C@@H]1NC(=O)[C@@H](CCCNC(=N)N)NC(=O)[C@H](CC(C)C)NC(=O)[C@H]([C@H](O)C(C)C)NC(=O)[C@@H](NC(=O)[C@H](CC(C)C)NC(=O)[C@@H](CC(C)C)NC(=O)OCc2ccccc2)[C@@H](c2ccccc2)OC(=O)[C@H](CO)NC(=O)[C@H]([C@H](O)C(=O)NCCN2CCOCC2)NC(=O)CNC(=O)[C@H]([C@H](C)O)NC1=O. The molecule has 2 aliphatic heterocycles. The molecule has 0 aliphatic carbocycles. The van der Waals surface area contributed by atoms with Crippen LogP contribution in [0.25, 0.3) is 0 Å². The van der Waals surface area contributed by atoms with Gasteiger partial charge in [0.1, 0.15) is 61.0 Å². The fourth-order valence-electron chi connectivity index (χ4n) is 11.5. The molecule has 2 heterocycles. The molecular formula is C72H114N16O20. The van der Waals surface area contributed by atoms with Crippen LogP contribution in [0.1, 0.15) is 132 Å². The van der Waals surface area contributed by atoms with Gasteiger partial charge in [-0.2, -0.15) is 0 Å². The fraction of sp³-hybridized carbons (Fsp3) is 0.639. The van der Waals surface area contributed by atoms with Crippen molar-refractivity contribution in [2.24, 2.45) is 35.3 Å². The van der Waals surface area contributed by atoms with Crippen LogP contribution in [-0.2, 0) is 78.4 Å². The van der Waals surface area contributed by atoms with Crippen LogP contribution in [-0.4, -0.2) is 246 Å². The van der Waals surface area contributed by atoms with Crippen molar-refractivity contribution >= 4 is 83.0 Å². The normalized spacial score (nSPS) is 23.4. The Morgan fingerprint density at radius 2 is 1.18 bits per heavy atom. The number of rotatable bonds is 29. The third kappa shape index (κ3) is 30.6. The van der Waals surface area contributed by atoms with E-state index in [4.69, 9.17) is 25.4 Å². The zero-order valence-corrected chi connectivity index (χ0v) is 63.4. The predicted octanol–water partition coefficient (Wildman–Crippen LogP) is -3.29.